The molecule has 0 aliphatic carbocycles. The minimum atomic E-state index is 0.542. The molecule has 0 spiro atoms. The first-order chi connectivity index (χ1) is 9.95. The molecular weight excluding hydrogens is 258 g/mol. The van der Waals surface area contributed by atoms with Crippen LogP contribution in [0.5, 0.6) is 0 Å². The number of aromatic nitrogens is 1. The zero-order valence-electron chi connectivity index (χ0n) is 13.5. The van der Waals surface area contributed by atoms with Crippen molar-refractivity contribution in [3.05, 3.63) is 42.1 Å². The monoisotopic (exact) mass is 283 g/mol. The highest BCUT2D eigenvalue weighted by Gasteiger charge is 2.18. The summed E-state index contributed by atoms with van der Waals surface area (Å²) in [5.41, 5.74) is 10.4. The minimum Gasteiger partial charge on any atom is -0.383 e. The van der Waals surface area contributed by atoms with Crippen LogP contribution in [0.15, 0.2) is 36.5 Å². The van der Waals surface area contributed by atoms with E-state index in [0.29, 0.717) is 11.7 Å². The topological polar surface area (TPSA) is 42.1 Å². The number of rotatable bonds is 5. The van der Waals surface area contributed by atoms with Crippen LogP contribution in [0.1, 0.15) is 32.8 Å². The molecule has 2 aromatic rings. The van der Waals surface area contributed by atoms with Gasteiger partial charge in [0.1, 0.15) is 5.82 Å². The van der Waals surface area contributed by atoms with E-state index in [1.54, 1.807) is 0 Å². The highest BCUT2D eigenvalue weighted by Crippen LogP contribution is 2.35. The standard InChI is InChI=1S/C18H25N3/c1-6-13(4)21(11-12(2)3)17-14(5)18(19)20-16-10-8-7-9-15(16)17/h7-10,12H,4,6,11H2,1-3,5H3,(H2,19,20). The molecule has 0 atom stereocenters. The SMILES string of the molecule is C=C(CC)N(CC(C)C)c1c(C)c(N)nc2ccccc12. The number of nitrogens with two attached hydrogens (primary N) is 1. The zero-order chi connectivity index (χ0) is 15.6. The molecule has 1 aromatic carbocycles. The van der Waals surface area contributed by atoms with Gasteiger partial charge in [-0.05, 0) is 25.3 Å². The van der Waals surface area contributed by atoms with Crippen LogP contribution in [0.2, 0.25) is 0 Å². The Labute approximate surface area is 127 Å². The lowest BCUT2D eigenvalue weighted by Gasteiger charge is -2.31. The molecule has 0 fully saturated rings. The molecule has 0 radical (unpaired) electrons. The molecule has 2 rings (SSSR count). The lowest BCUT2D eigenvalue weighted by molar-refractivity contribution is 0.634. The van der Waals surface area contributed by atoms with Crippen molar-refractivity contribution in [2.45, 2.75) is 34.1 Å². The Kier molecular flexibility index (Phi) is 4.51. The van der Waals surface area contributed by atoms with Crippen LogP contribution in [-0.4, -0.2) is 11.5 Å². The first-order valence-electron chi connectivity index (χ1n) is 7.55. The molecule has 112 valence electrons. The van der Waals surface area contributed by atoms with Gasteiger partial charge in [-0.25, -0.2) is 4.98 Å². The number of nitrogens with zero attached hydrogens (tertiary/aromatic N) is 2. The molecule has 0 saturated carbocycles. The Morgan fingerprint density at radius 2 is 2.00 bits per heavy atom. The van der Waals surface area contributed by atoms with Crippen molar-refractivity contribution in [1.82, 2.24) is 4.98 Å². The minimum absolute atomic E-state index is 0.542. The van der Waals surface area contributed by atoms with Gasteiger partial charge in [0.05, 0.1) is 11.2 Å². The molecule has 2 N–H and O–H groups in total. The molecule has 1 heterocycles. The van der Waals surface area contributed by atoms with Gasteiger partial charge in [0.25, 0.3) is 0 Å². The molecule has 0 amide bonds. The van der Waals surface area contributed by atoms with Crippen LogP contribution in [0.3, 0.4) is 0 Å². The number of para-hydroxylation sites is 1. The maximum absolute atomic E-state index is 6.13. The van der Waals surface area contributed by atoms with Crippen molar-refractivity contribution in [2.75, 3.05) is 17.2 Å². The number of allylic oxidation sites excluding steroid dienone is 1. The van der Waals surface area contributed by atoms with Crippen LogP contribution in [-0.2, 0) is 0 Å². The lowest BCUT2D eigenvalue weighted by atomic mass is 10.1. The first-order valence-corrected chi connectivity index (χ1v) is 7.55. The van der Waals surface area contributed by atoms with E-state index in [2.05, 4.69) is 43.3 Å². The van der Waals surface area contributed by atoms with Crippen molar-refractivity contribution >= 4 is 22.4 Å². The highest BCUT2D eigenvalue weighted by molar-refractivity contribution is 5.96. The number of pyridine rings is 1. The van der Waals surface area contributed by atoms with Gasteiger partial charge in [-0.2, -0.15) is 0 Å². The quantitative estimate of drug-likeness (QED) is 0.877. The molecule has 0 aliphatic rings. The van der Waals surface area contributed by atoms with Gasteiger partial charge in [0.2, 0.25) is 0 Å². The maximum atomic E-state index is 6.13. The van der Waals surface area contributed by atoms with Crippen LogP contribution in [0.25, 0.3) is 10.9 Å². The van der Waals surface area contributed by atoms with Crippen molar-refractivity contribution in [1.29, 1.82) is 0 Å². The Balaban J connectivity index is 2.71. The number of benzene rings is 1. The van der Waals surface area contributed by atoms with Crippen LogP contribution in [0.4, 0.5) is 11.5 Å². The fraction of sp³-hybridized carbons (Fsp3) is 0.389. The van der Waals surface area contributed by atoms with E-state index in [0.717, 1.165) is 40.8 Å². The van der Waals surface area contributed by atoms with Gasteiger partial charge in [-0.15, -0.1) is 0 Å². The fourth-order valence-corrected chi connectivity index (χ4v) is 2.59. The molecule has 1 aromatic heterocycles. The summed E-state index contributed by atoms with van der Waals surface area (Å²) in [5.74, 6) is 1.14. The normalized spacial score (nSPS) is 11.1. The van der Waals surface area contributed by atoms with Crippen molar-refractivity contribution in [3.8, 4) is 0 Å². The van der Waals surface area contributed by atoms with E-state index in [9.17, 15) is 0 Å². The third-order valence-corrected chi connectivity index (χ3v) is 3.75. The van der Waals surface area contributed by atoms with Crippen molar-refractivity contribution in [3.63, 3.8) is 0 Å². The zero-order valence-corrected chi connectivity index (χ0v) is 13.5. The summed E-state index contributed by atoms with van der Waals surface area (Å²) in [7, 11) is 0. The number of anilines is 2. The number of nitrogen functional groups attached to an aromatic ring is 1. The van der Waals surface area contributed by atoms with Crippen molar-refractivity contribution in [2.24, 2.45) is 5.92 Å². The molecule has 3 nitrogen and oxygen atoms in total. The third-order valence-electron chi connectivity index (χ3n) is 3.75. The predicted octanol–water partition coefficient (Wildman–Crippen LogP) is 4.51. The summed E-state index contributed by atoms with van der Waals surface area (Å²) in [6, 6.07) is 8.16. The second-order valence-corrected chi connectivity index (χ2v) is 5.91. The summed E-state index contributed by atoms with van der Waals surface area (Å²) in [5, 5.41) is 1.14. The van der Waals surface area contributed by atoms with E-state index in [-0.39, 0.29) is 0 Å². The summed E-state index contributed by atoms with van der Waals surface area (Å²) in [6.07, 6.45) is 0.919. The average molecular weight is 283 g/mol. The van der Waals surface area contributed by atoms with E-state index < -0.39 is 0 Å². The Morgan fingerprint density at radius 1 is 1.33 bits per heavy atom. The maximum Gasteiger partial charge on any atom is 0.129 e. The Hall–Kier alpha value is -2.03. The van der Waals surface area contributed by atoms with Gasteiger partial charge < -0.3 is 10.6 Å². The molecule has 0 unspecified atom stereocenters. The number of hydrogen-bond acceptors (Lipinski definition) is 3. The predicted molar refractivity (Wildman–Crippen MR) is 92.5 cm³/mol. The lowest BCUT2D eigenvalue weighted by Crippen LogP contribution is -2.27. The van der Waals surface area contributed by atoms with Crippen LogP contribution in [0, 0.1) is 12.8 Å². The summed E-state index contributed by atoms with van der Waals surface area (Å²) < 4.78 is 0. The molecule has 3 heteroatoms. The Morgan fingerprint density at radius 3 is 2.62 bits per heavy atom. The largest absolute Gasteiger partial charge is 0.383 e. The fourth-order valence-electron chi connectivity index (χ4n) is 2.59. The molecule has 0 aliphatic heterocycles. The van der Waals surface area contributed by atoms with Crippen LogP contribution >= 0.6 is 0 Å². The average Bonchev–Trinajstić information content (AvgIpc) is 2.46. The second-order valence-electron chi connectivity index (χ2n) is 5.91. The smallest absolute Gasteiger partial charge is 0.129 e. The number of hydrogen-bond donors (Lipinski definition) is 1. The van der Waals surface area contributed by atoms with Gasteiger partial charge >= 0.3 is 0 Å². The first kappa shape index (κ1) is 15.4. The molecule has 21 heavy (non-hydrogen) atoms. The molecule has 0 saturated heterocycles. The van der Waals surface area contributed by atoms with Crippen LogP contribution < -0.4 is 10.6 Å². The second kappa shape index (κ2) is 6.17. The van der Waals surface area contributed by atoms with Gasteiger partial charge in [-0.3, -0.25) is 0 Å². The number of fused-ring (bicyclic) bond motifs is 1. The van der Waals surface area contributed by atoms with Gasteiger partial charge in [-0.1, -0.05) is 45.5 Å². The van der Waals surface area contributed by atoms with E-state index in [4.69, 9.17) is 5.73 Å². The van der Waals surface area contributed by atoms with E-state index in [1.807, 2.05) is 25.1 Å². The van der Waals surface area contributed by atoms with Gasteiger partial charge in [0.15, 0.2) is 0 Å². The molecular formula is C18H25N3. The van der Waals surface area contributed by atoms with Crippen molar-refractivity contribution < 1.29 is 0 Å². The highest BCUT2D eigenvalue weighted by atomic mass is 15.1. The summed E-state index contributed by atoms with van der Waals surface area (Å²) in [4.78, 5) is 6.81. The Bertz CT molecular complexity index is 659. The summed E-state index contributed by atoms with van der Waals surface area (Å²) in [6.45, 7) is 13.8. The third kappa shape index (κ3) is 3.02. The van der Waals surface area contributed by atoms with Gasteiger partial charge in [0, 0.05) is 23.2 Å². The van der Waals surface area contributed by atoms with E-state index >= 15 is 0 Å². The molecule has 0 bridgehead atoms. The van der Waals surface area contributed by atoms with E-state index in [1.165, 1.54) is 0 Å². The summed E-state index contributed by atoms with van der Waals surface area (Å²) >= 11 is 0.